The third-order valence-corrected chi connectivity index (χ3v) is 4.19. The predicted molar refractivity (Wildman–Crippen MR) is 84.2 cm³/mol. The molecule has 1 N–H and O–H groups in total. The van der Waals surface area contributed by atoms with E-state index in [9.17, 15) is 18.0 Å². The lowest BCUT2D eigenvalue weighted by molar-refractivity contribution is -0.274. The van der Waals surface area contributed by atoms with Crippen molar-refractivity contribution in [3.05, 3.63) is 46.8 Å². The van der Waals surface area contributed by atoms with Crippen molar-refractivity contribution in [3.63, 3.8) is 0 Å². The van der Waals surface area contributed by atoms with E-state index in [0.29, 0.717) is 22.7 Å². The Morgan fingerprint density at radius 1 is 1.40 bits per heavy atom. The summed E-state index contributed by atoms with van der Waals surface area (Å²) in [5.74, 6) is -0.148. The molecule has 8 heteroatoms. The molecule has 1 aliphatic rings. The van der Waals surface area contributed by atoms with Gasteiger partial charge in [0.2, 0.25) is 0 Å². The summed E-state index contributed by atoms with van der Waals surface area (Å²) in [5, 5.41) is 7.05. The molecule has 1 aliphatic carbocycles. The summed E-state index contributed by atoms with van der Waals surface area (Å²) in [7, 11) is 1.70. The molecular formula is C17H18F3N3O2. The van der Waals surface area contributed by atoms with Gasteiger partial charge in [-0.15, -0.1) is 13.2 Å². The molecule has 1 fully saturated rings. The van der Waals surface area contributed by atoms with Crippen molar-refractivity contribution in [1.29, 1.82) is 0 Å². The second-order valence-electron chi connectivity index (χ2n) is 6.12. The van der Waals surface area contributed by atoms with Crippen LogP contribution in [-0.2, 0) is 13.6 Å². The smallest absolute Gasteiger partial charge is 0.406 e. The number of nitrogens with one attached hydrogen (secondary N) is 1. The summed E-state index contributed by atoms with van der Waals surface area (Å²) in [5.41, 5.74) is 2.23. The van der Waals surface area contributed by atoms with E-state index in [-0.39, 0.29) is 18.2 Å². The molecule has 0 unspecified atom stereocenters. The van der Waals surface area contributed by atoms with Crippen molar-refractivity contribution in [2.75, 3.05) is 0 Å². The number of aromatic nitrogens is 2. The van der Waals surface area contributed by atoms with Crippen molar-refractivity contribution in [2.45, 2.75) is 38.6 Å². The van der Waals surface area contributed by atoms with E-state index < -0.39 is 6.36 Å². The van der Waals surface area contributed by atoms with E-state index >= 15 is 0 Å². The van der Waals surface area contributed by atoms with Gasteiger partial charge < -0.3 is 10.1 Å². The van der Waals surface area contributed by atoms with Crippen molar-refractivity contribution < 1.29 is 22.7 Å². The first-order valence-corrected chi connectivity index (χ1v) is 7.91. The summed E-state index contributed by atoms with van der Waals surface area (Å²) in [6.07, 6.45) is -2.58. The van der Waals surface area contributed by atoms with Gasteiger partial charge in [-0.1, -0.05) is 12.1 Å². The van der Waals surface area contributed by atoms with Crippen molar-refractivity contribution in [1.82, 2.24) is 15.1 Å². The van der Waals surface area contributed by atoms with Gasteiger partial charge in [-0.05, 0) is 43.0 Å². The molecular weight excluding hydrogens is 335 g/mol. The molecule has 134 valence electrons. The highest BCUT2D eigenvalue weighted by molar-refractivity contribution is 5.92. The second kappa shape index (κ2) is 6.42. The summed E-state index contributed by atoms with van der Waals surface area (Å²) >= 11 is 0. The van der Waals surface area contributed by atoms with Crippen LogP contribution in [0.4, 0.5) is 13.2 Å². The average molecular weight is 353 g/mol. The first-order chi connectivity index (χ1) is 11.7. The predicted octanol–water partition coefficient (Wildman–Crippen LogP) is 3.43. The van der Waals surface area contributed by atoms with Gasteiger partial charge in [-0.3, -0.25) is 9.48 Å². The Hall–Kier alpha value is -2.51. The highest BCUT2D eigenvalue weighted by Crippen LogP contribution is 2.39. The van der Waals surface area contributed by atoms with Crippen LogP contribution in [0.25, 0.3) is 0 Å². The highest BCUT2D eigenvalue weighted by Gasteiger charge is 2.32. The number of alkyl halides is 3. The van der Waals surface area contributed by atoms with E-state index in [2.05, 4.69) is 15.2 Å². The lowest BCUT2D eigenvalue weighted by Gasteiger charge is -2.14. The Morgan fingerprint density at radius 2 is 2.12 bits per heavy atom. The van der Waals surface area contributed by atoms with Gasteiger partial charge in [-0.25, -0.2) is 0 Å². The Morgan fingerprint density at radius 3 is 2.76 bits per heavy atom. The van der Waals surface area contributed by atoms with Gasteiger partial charge in [-0.2, -0.15) is 5.10 Å². The fraction of sp³-hybridized carbons (Fsp3) is 0.412. The highest BCUT2D eigenvalue weighted by atomic mass is 19.4. The molecule has 3 rings (SSSR count). The monoisotopic (exact) mass is 353 g/mol. The number of carbonyl (C=O) groups is 1. The Balaban J connectivity index is 1.69. The number of benzene rings is 1. The van der Waals surface area contributed by atoms with Crippen LogP contribution in [0.15, 0.2) is 24.3 Å². The van der Waals surface area contributed by atoms with Gasteiger partial charge in [0, 0.05) is 19.5 Å². The van der Waals surface area contributed by atoms with E-state index in [1.165, 1.54) is 23.7 Å². The summed E-state index contributed by atoms with van der Waals surface area (Å²) < 4.78 is 42.7. The summed E-state index contributed by atoms with van der Waals surface area (Å²) in [6.45, 7) is 1.63. The molecule has 1 saturated carbocycles. The van der Waals surface area contributed by atoms with Crippen LogP contribution in [-0.4, -0.2) is 22.1 Å². The minimum absolute atomic E-state index is 0.101. The normalized spacial score (nSPS) is 14.4. The molecule has 25 heavy (non-hydrogen) atoms. The number of hydrogen-bond donors (Lipinski definition) is 1. The Kier molecular flexibility index (Phi) is 4.45. The maximum absolute atomic E-state index is 12.4. The fourth-order valence-electron chi connectivity index (χ4n) is 2.63. The van der Waals surface area contributed by atoms with Crippen molar-refractivity contribution >= 4 is 5.91 Å². The quantitative estimate of drug-likeness (QED) is 0.896. The molecule has 0 aliphatic heterocycles. The summed E-state index contributed by atoms with van der Waals surface area (Å²) in [6, 6.07) is 6.13. The topological polar surface area (TPSA) is 56.2 Å². The number of carbonyl (C=O) groups excluding carboxylic acids is 1. The van der Waals surface area contributed by atoms with E-state index in [1.807, 2.05) is 0 Å². The van der Waals surface area contributed by atoms with Crippen LogP contribution >= 0.6 is 0 Å². The van der Waals surface area contributed by atoms with E-state index in [1.54, 1.807) is 19.2 Å². The third kappa shape index (κ3) is 4.12. The first kappa shape index (κ1) is 17.3. The number of amides is 1. The number of rotatable bonds is 5. The minimum Gasteiger partial charge on any atom is -0.406 e. The maximum Gasteiger partial charge on any atom is 0.573 e. The lowest BCUT2D eigenvalue weighted by atomic mass is 10.1. The van der Waals surface area contributed by atoms with Crippen LogP contribution in [0.2, 0.25) is 0 Å². The van der Waals surface area contributed by atoms with Gasteiger partial charge in [0.15, 0.2) is 0 Å². The fourth-order valence-corrected chi connectivity index (χ4v) is 2.63. The molecule has 1 aromatic carbocycles. The van der Waals surface area contributed by atoms with Crippen LogP contribution in [0.3, 0.4) is 0 Å². The van der Waals surface area contributed by atoms with E-state index in [4.69, 9.17) is 0 Å². The van der Waals surface area contributed by atoms with Crippen molar-refractivity contribution in [2.24, 2.45) is 7.05 Å². The zero-order valence-electron chi connectivity index (χ0n) is 13.9. The summed E-state index contributed by atoms with van der Waals surface area (Å²) in [4.78, 5) is 12.3. The van der Waals surface area contributed by atoms with Gasteiger partial charge >= 0.3 is 6.36 Å². The number of halogens is 3. The number of hydrogen-bond acceptors (Lipinski definition) is 3. The SMILES string of the molecule is Cc1c(CNC(=O)c2cc(C3CC3)nn2C)cccc1OC(F)(F)F. The average Bonchev–Trinajstić information content (AvgIpc) is 3.29. The van der Waals surface area contributed by atoms with Crippen LogP contribution in [0.1, 0.15) is 46.1 Å². The van der Waals surface area contributed by atoms with Crippen LogP contribution in [0, 0.1) is 6.92 Å². The molecule has 0 saturated heterocycles. The third-order valence-electron chi connectivity index (χ3n) is 4.19. The van der Waals surface area contributed by atoms with Gasteiger partial charge in [0.25, 0.3) is 5.91 Å². The molecule has 2 aromatic rings. The zero-order valence-corrected chi connectivity index (χ0v) is 13.9. The molecule has 0 radical (unpaired) electrons. The standard InChI is InChI=1S/C17H18F3N3O2/c1-10-12(4-3-5-15(10)25-17(18,19)20)9-21-16(24)14-8-13(11-6-7-11)22-23(14)2/h3-5,8,11H,6-7,9H2,1-2H3,(H,21,24). The number of ether oxygens (including phenoxy) is 1. The van der Waals surface area contributed by atoms with Gasteiger partial charge in [0.1, 0.15) is 11.4 Å². The maximum atomic E-state index is 12.4. The molecule has 5 nitrogen and oxygen atoms in total. The largest absolute Gasteiger partial charge is 0.573 e. The number of nitrogens with zero attached hydrogens (tertiary/aromatic N) is 2. The number of aryl methyl sites for hydroxylation is 1. The van der Waals surface area contributed by atoms with Crippen LogP contribution < -0.4 is 10.1 Å². The lowest BCUT2D eigenvalue weighted by Crippen LogP contribution is -2.25. The zero-order chi connectivity index (χ0) is 18.2. The first-order valence-electron chi connectivity index (χ1n) is 7.91. The second-order valence-corrected chi connectivity index (χ2v) is 6.12. The molecule has 0 bridgehead atoms. The molecule has 0 spiro atoms. The minimum atomic E-state index is -4.75. The molecule has 0 atom stereocenters. The molecule has 1 amide bonds. The van der Waals surface area contributed by atoms with Crippen LogP contribution in [0.5, 0.6) is 5.75 Å². The van der Waals surface area contributed by atoms with Gasteiger partial charge in [0.05, 0.1) is 5.69 Å². The van der Waals surface area contributed by atoms with Crippen molar-refractivity contribution in [3.8, 4) is 5.75 Å². The molecule has 1 heterocycles. The Labute approximate surface area is 142 Å². The van der Waals surface area contributed by atoms with E-state index in [0.717, 1.165) is 18.5 Å². The Bertz CT molecular complexity index is 795. The molecule has 1 aromatic heterocycles.